The van der Waals surface area contributed by atoms with E-state index in [1.54, 1.807) is 25.1 Å². The maximum Gasteiger partial charge on any atom is 0.268 e. The molecule has 1 heterocycles. The molecule has 0 saturated carbocycles. The van der Waals surface area contributed by atoms with Gasteiger partial charge in [-0.05, 0) is 37.1 Å². The zero-order valence-corrected chi connectivity index (χ0v) is 16.1. The summed E-state index contributed by atoms with van der Waals surface area (Å²) in [5.41, 5.74) is 1.95. The third kappa shape index (κ3) is 4.39. The number of ether oxygens (including phenoxy) is 1. The highest BCUT2D eigenvalue weighted by molar-refractivity contribution is 6.05. The van der Waals surface area contributed by atoms with Gasteiger partial charge in [-0.1, -0.05) is 37.3 Å². The van der Waals surface area contributed by atoms with Crippen LogP contribution in [-0.2, 0) is 16.1 Å². The molecule has 1 aliphatic rings. The summed E-state index contributed by atoms with van der Waals surface area (Å²) in [5.74, 6) is -0.0779. The molecule has 0 bridgehead atoms. The van der Waals surface area contributed by atoms with Crippen LogP contribution in [0.4, 0.5) is 5.69 Å². The lowest BCUT2D eigenvalue weighted by molar-refractivity contribution is -0.128. The van der Waals surface area contributed by atoms with Crippen LogP contribution in [-0.4, -0.2) is 30.2 Å². The number of fused-ring (bicyclic) bond motifs is 1. The van der Waals surface area contributed by atoms with Crippen LogP contribution < -0.4 is 15.0 Å². The number of carbonyl (C=O) groups is 3. The number of benzene rings is 2. The molecule has 0 radical (unpaired) electrons. The third-order valence-corrected chi connectivity index (χ3v) is 4.60. The van der Waals surface area contributed by atoms with E-state index in [0.29, 0.717) is 30.0 Å². The monoisotopic (exact) mass is 380 g/mol. The van der Waals surface area contributed by atoms with Crippen molar-refractivity contribution in [3.05, 3.63) is 59.7 Å². The topological polar surface area (TPSA) is 75.7 Å². The first-order chi connectivity index (χ1) is 13.5. The first kappa shape index (κ1) is 19.6. The summed E-state index contributed by atoms with van der Waals surface area (Å²) in [4.78, 5) is 38.7. The molecule has 1 atom stereocenters. The molecule has 2 aromatic carbocycles. The van der Waals surface area contributed by atoms with Crippen LogP contribution in [0.1, 0.15) is 42.6 Å². The zero-order valence-electron chi connectivity index (χ0n) is 16.1. The maximum atomic E-state index is 12.6. The number of anilines is 1. The molecule has 0 fully saturated rings. The summed E-state index contributed by atoms with van der Waals surface area (Å²) in [5, 5.41) is 2.83. The summed E-state index contributed by atoms with van der Waals surface area (Å²) < 4.78 is 5.65. The lowest BCUT2D eigenvalue weighted by Gasteiger charge is -2.32. The van der Waals surface area contributed by atoms with Crippen molar-refractivity contribution >= 4 is 23.3 Å². The van der Waals surface area contributed by atoms with Crippen molar-refractivity contribution in [3.8, 4) is 5.75 Å². The van der Waals surface area contributed by atoms with Crippen LogP contribution in [0.25, 0.3) is 0 Å². The lowest BCUT2D eigenvalue weighted by atomic mass is 10.0. The Morgan fingerprint density at radius 2 is 1.89 bits per heavy atom. The van der Waals surface area contributed by atoms with E-state index in [1.165, 1.54) is 4.90 Å². The van der Waals surface area contributed by atoms with Crippen molar-refractivity contribution in [1.82, 2.24) is 5.32 Å². The standard InChI is InChI=1S/C22H24N2O4/c1-3-7-19(25)17-10-11-20-18(12-17)24(22(27)15(2)28-20)14-21(26)23-13-16-8-5-4-6-9-16/h4-6,8-12,15H,3,7,13-14H2,1-2H3,(H,23,26). The van der Waals surface area contributed by atoms with E-state index < -0.39 is 6.10 Å². The number of hydrogen-bond donors (Lipinski definition) is 1. The van der Waals surface area contributed by atoms with Crippen molar-refractivity contribution in [3.63, 3.8) is 0 Å². The number of nitrogens with zero attached hydrogens (tertiary/aromatic N) is 1. The quantitative estimate of drug-likeness (QED) is 0.749. The maximum absolute atomic E-state index is 12.6. The number of nitrogens with one attached hydrogen (secondary N) is 1. The molecule has 3 rings (SSSR count). The Bertz CT molecular complexity index is 879. The average molecular weight is 380 g/mol. The molecule has 2 amide bonds. The minimum atomic E-state index is -0.688. The van der Waals surface area contributed by atoms with Crippen molar-refractivity contribution < 1.29 is 19.1 Å². The smallest absolute Gasteiger partial charge is 0.268 e. The highest BCUT2D eigenvalue weighted by Gasteiger charge is 2.33. The van der Waals surface area contributed by atoms with Gasteiger partial charge < -0.3 is 10.1 Å². The number of Topliss-reactive ketones (excluding diaryl/α,β-unsaturated/α-hetero) is 1. The number of hydrogen-bond acceptors (Lipinski definition) is 4. The van der Waals surface area contributed by atoms with Crippen LogP contribution in [0.3, 0.4) is 0 Å². The third-order valence-electron chi connectivity index (χ3n) is 4.60. The van der Waals surface area contributed by atoms with E-state index in [1.807, 2.05) is 37.3 Å². The van der Waals surface area contributed by atoms with Gasteiger partial charge in [-0.15, -0.1) is 0 Å². The van der Waals surface area contributed by atoms with Crippen molar-refractivity contribution in [2.75, 3.05) is 11.4 Å². The summed E-state index contributed by atoms with van der Waals surface area (Å²) >= 11 is 0. The highest BCUT2D eigenvalue weighted by Crippen LogP contribution is 2.35. The van der Waals surface area contributed by atoms with Gasteiger partial charge in [0.05, 0.1) is 5.69 Å². The van der Waals surface area contributed by atoms with Gasteiger partial charge in [0.1, 0.15) is 12.3 Å². The number of amides is 2. The molecule has 0 aliphatic carbocycles. The Morgan fingerprint density at radius 1 is 1.14 bits per heavy atom. The summed E-state index contributed by atoms with van der Waals surface area (Å²) in [7, 11) is 0. The molecule has 28 heavy (non-hydrogen) atoms. The van der Waals surface area contributed by atoms with E-state index in [-0.39, 0.29) is 24.1 Å². The van der Waals surface area contributed by atoms with E-state index in [4.69, 9.17) is 4.74 Å². The van der Waals surface area contributed by atoms with Crippen molar-refractivity contribution in [1.29, 1.82) is 0 Å². The van der Waals surface area contributed by atoms with Gasteiger partial charge in [-0.2, -0.15) is 0 Å². The fraction of sp³-hybridized carbons (Fsp3) is 0.318. The second kappa shape index (κ2) is 8.69. The highest BCUT2D eigenvalue weighted by atomic mass is 16.5. The molecule has 0 aromatic heterocycles. The van der Waals surface area contributed by atoms with Gasteiger partial charge in [-0.25, -0.2) is 0 Å². The molecular formula is C22H24N2O4. The predicted octanol–water partition coefficient (Wildman–Crippen LogP) is 3.10. The Hall–Kier alpha value is -3.15. The molecule has 0 spiro atoms. The lowest BCUT2D eigenvalue weighted by Crippen LogP contribution is -2.48. The van der Waals surface area contributed by atoms with Crippen LogP contribution in [0, 0.1) is 0 Å². The molecule has 6 heteroatoms. The average Bonchev–Trinajstić information content (AvgIpc) is 2.70. The van der Waals surface area contributed by atoms with E-state index in [9.17, 15) is 14.4 Å². The molecule has 1 N–H and O–H groups in total. The van der Waals surface area contributed by atoms with Crippen LogP contribution in [0.15, 0.2) is 48.5 Å². The van der Waals surface area contributed by atoms with Crippen LogP contribution >= 0.6 is 0 Å². The fourth-order valence-electron chi connectivity index (χ4n) is 3.11. The molecule has 2 aromatic rings. The van der Waals surface area contributed by atoms with Crippen LogP contribution in [0.2, 0.25) is 0 Å². The first-order valence-electron chi connectivity index (χ1n) is 9.45. The van der Waals surface area contributed by atoms with Gasteiger partial charge in [0, 0.05) is 18.5 Å². The fourth-order valence-corrected chi connectivity index (χ4v) is 3.11. The number of rotatable bonds is 7. The Labute approximate surface area is 164 Å². The van der Waals surface area contributed by atoms with E-state index in [0.717, 1.165) is 12.0 Å². The second-order valence-electron chi connectivity index (χ2n) is 6.80. The molecule has 1 unspecified atom stereocenters. The molecule has 1 aliphatic heterocycles. The van der Waals surface area contributed by atoms with E-state index >= 15 is 0 Å². The van der Waals surface area contributed by atoms with Crippen molar-refractivity contribution in [2.45, 2.75) is 39.3 Å². The van der Waals surface area contributed by atoms with Crippen molar-refractivity contribution in [2.24, 2.45) is 0 Å². The minimum absolute atomic E-state index is 0.00449. The van der Waals surface area contributed by atoms with Crippen LogP contribution in [0.5, 0.6) is 5.75 Å². The van der Waals surface area contributed by atoms with Gasteiger partial charge in [-0.3, -0.25) is 19.3 Å². The van der Waals surface area contributed by atoms with E-state index in [2.05, 4.69) is 5.32 Å². The van der Waals surface area contributed by atoms with Gasteiger partial charge >= 0.3 is 0 Å². The second-order valence-corrected chi connectivity index (χ2v) is 6.80. The SMILES string of the molecule is CCCC(=O)c1ccc2c(c1)N(CC(=O)NCc1ccccc1)C(=O)C(C)O2. The zero-order chi connectivity index (χ0) is 20.1. The molecular weight excluding hydrogens is 356 g/mol. The molecule has 6 nitrogen and oxygen atoms in total. The normalized spacial score (nSPS) is 15.6. The number of carbonyl (C=O) groups excluding carboxylic acids is 3. The first-order valence-corrected chi connectivity index (χ1v) is 9.45. The Morgan fingerprint density at radius 3 is 2.61 bits per heavy atom. The number of ketones is 1. The minimum Gasteiger partial charge on any atom is -0.479 e. The Kier molecular flexibility index (Phi) is 6.09. The molecule has 146 valence electrons. The molecule has 0 saturated heterocycles. The predicted molar refractivity (Wildman–Crippen MR) is 106 cm³/mol. The summed E-state index contributed by atoms with van der Waals surface area (Å²) in [6.45, 7) is 3.84. The van der Waals surface area contributed by atoms with Gasteiger partial charge in [0.25, 0.3) is 5.91 Å². The largest absolute Gasteiger partial charge is 0.479 e. The summed E-state index contributed by atoms with van der Waals surface area (Å²) in [6.07, 6.45) is 0.488. The summed E-state index contributed by atoms with van der Waals surface area (Å²) in [6, 6.07) is 14.6. The Balaban J connectivity index is 1.78. The van der Waals surface area contributed by atoms with Gasteiger partial charge in [0.2, 0.25) is 5.91 Å². The van der Waals surface area contributed by atoms with Gasteiger partial charge in [0.15, 0.2) is 11.9 Å².